The van der Waals surface area contributed by atoms with Gasteiger partial charge >= 0.3 is 0 Å². The van der Waals surface area contributed by atoms with Crippen LogP contribution in [0.2, 0.25) is 0 Å². The Balaban J connectivity index is 2.60. The molecule has 3 atom stereocenters. The maximum absolute atomic E-state index is 11.4. The Morgan fingerprint density at radius 1 is 1.47 bits per heavy atom. The summed E-state index contributed by atoms with van der Waals surface area (Å²) in [4.78, 5) is 0. The average molecular weight is 234 g/mol. The van der Waals surface area contributed by atoms with Gasteiger partial charge in [-0.15, -0.1) is 0 Å². The van der Waals surface area contributed by atoms with Crippen LogP contribution in [0, 0.1) is 17.8 Å². The van der Waals surface area contributed by atoms with Gasteiger partial charge in [0.1, 0.15) is 0 Å². The van der Waals surface area contributed by atoms with Crippen molar-refractivity contribution >= 4 is 9.84 Å². The van der Waals surface area contributed by atoms with Gasteiger partial charge < -0.3 is 5.11 Å². The molecule has 0 aromatic carbocycles. The summed E-state index contributed by atoms with van der Waals surface area (Å²) in [5, 5.41) is 9.36. The highest BCUT2D eigenvalue weighted by atomic mass is 32.2. The highest BCUT2D eigenvalue weighted by Gasteiger charge is 2.35. The molecular formula is C11H22O3S. The van der Waals surface area contributed by atoms with Crippen LogP contribution in [0.3, 0.4) is 0 Å². The molecule has 0 spiro atoms. The van der Waals surface area contributed by atoms with E-state index in [0.717, 1.165) is 19.3 Å². The lowest BCUT2D eigenvalue weighted by atomic mass is 9.80. The highest BCUT2D eigenvalue weighted by molar-refractivity contribution is 7.91. The van der Waals surface area contributed by atoms with Crippen molar-refractivity contribution in [2.75, 3.05) is 18.1 Å². The predicted octanol–water partition coefficient (Wildman–Crippen LogP) is 1.47. The topological polar surface area (TPSA) is 54.4 Å². The molecule has 90 valence electrons. The molecule has 0 aromatic heterocycles. The molecule has 3 unspecified atom stereocenters. The van der Waals surface area contributed by atoms with Gasteiger partial charge in [0.15, 0.2) is 9.84 Å². The lowest BCUT2D eigenvalue weighted by molar-refractivity contribution is 0.132. The van der Waals surface area contributed by atoms with Gasteiger partial charge in [-0.1, -0.05) is 26.7 Å². The van der Waals surface area contributed by atoms with Gasteiger partial charge in [-0.25, -0.2) is 8.42 Å². The van der Waals surface area contributed by atoms with Gasteiger partial charge in [0, 0.05) is 6.61 Å². The zero-order valence-corrected chi connectivity index (χ0v) is 10.5. The monoisotopic (exact) mass is 234 g/mol. The van der Waals surface area contributed by atoms with E-state index < -0.39 is 9.84 Å². The van der Waals surface area contributed by atoms with Crippen LogP contribution in [0.4, 0.5) is 0 Å². The summed E-state index contributed by atoms with van der Waals surface area (Å²) in [7, 11) is -2.81. The maximum atomic E-state index is 11.4. The van der Waals surface area contributed by atoms with E-state index in [2.05, 4.69) is 13.8 Å². The first kappa shape index (κ1) is 13.0. The third kappa shape index (κ3) is 3.45. The van der Waals surface area contributed by atoms with Crippen molar-refractivity contribution in [1.82, 2.24) is 0 Å². The van der Waals surface area contributed by atoms with Gasteiger partial charge in [0.25, 0.3) is 0 Å². The van der Waals surface area contributed by atoms with Crippen LogP contribution in [0.1, 0.15) is 33.1 Å². The van der Waals surface area contributed by atoms with Crippen LogP contribution in [0.5, 0.6) is 0 Å². The molecule has 3 nitrogen and oxygen atoms in total. The first-order valence-corrected chi connectivity index (χ1v) is 7.63. The molecule has 0 saturated carbocycles. The molecule has 0 radical (unpaired) electrons. The average Bonchev–Trinajstić information content (AvgIpc) is 2.48. The molecule has 0 amide bonds. The molecule has 1 heterocycles. The second-order valence-electron chi connectivity index (χ2n) is 4.78. The van der Waals surface area contributed by atoms with Crippen molar-refractivity contribution in [3.63, 3.8) is 0 Å². The number of sulfone groups is 1. The van der Waals surface area contributed by atoms with Gasteiger partial charge in [-0.05, 0) is 24.2 Å². The largest absolute Gasteiger partial charge is 0.396 e. The Bertz CT molecular complexity index is 284. The Morgan fingerprint density at radius 2 is 2.13 bits per heavy atom. The number of aliphatic hydroxyl groups is 1. The standard InChI is InChI=1S/C11H22O3S/c1-3-4-9(2)11(7-12)10-5-6-15(13,14)8-10/h9-12H,3-8H2,1-2H3. The van der Waals surface area contributed by atoms with Crippen molar-refractivity contribution in [3.8, 4) is 0 Å². The fraction of sp³-hybridized carbons (Fsp3) is 1.00. The summed E-state index contributed by atoms with van der Waals surface area (Å²) < 4.78 is 22.7. The zero-order chi connectivity index (χ0) is 11.5. The van der Waals surface area contributed by atoms with Gasteiger partial charge in [0.2, 0.25) is 0 Å². The lowest BCUT2D eigenvalue weighted by Crippen LogP contribution is -2.26. The first-order valence-electron chi connectivity index (χ1n) is 5.81. The lowest BCUT2D eigenvalue weighted by Gasteiger charge is -2.26. The normalized spacial score (nSPS) is 28.9. The van der Waals surface area contributed by atoms with Crippen LogP contribution in [0.25, 0.3) is 0 Å². The summed E-state index contributed by atoms with van der Waals surface area (Å²) in [6, 6.07) is 0. The van der Waals surface area contributed by atoms with Crippen LogP contribution in [-0.4, -0.2) is 31.6 Å². The van der Waals surface area contributed by atoms with Crippen molar-refractivity contribution in [2.24, 2.45) is 17.8 Å². The third-order valence-corrected chi connectivity index (χ3v) is 5.35. The summed E-state index contributed by atoms with van der Waals surface area (Å²) >= 11 is 0. The van der Waals surface area contributed by atoms with Gasteiger partial charge in [-0.3, -0.25) is 0 Å². The van der Waals surface area contributed by atoms with Crippen LogP contribution < -0.4 is 0 Å². The number of aliphatic hydroxyl groups excluding tert-OH is 1. The van der Waals surface area contributed by atoms with Crippen molar-refractivity contribution < 1.29 is 13.5 Å². The minimum absolute atomic E-state index is 0.126. The minimum atomic E-state index is -2.81. The Hall–Kier alpha value is -0.0900. The fourth-order valence-corrected chi connectivity index (χ4v) is 4.52. The summed E-state index contributed by atoms with van der Waals surface area (Å²) in [6.07, 6.45) is 2.90. The number of hydrogen-bond donors (Lipinski definition) is 1. The second-order valence-corrected chi connectivity index (χ2v) is 7.00. The minimum Gasteiger partial charge on any atom is -0.396 e. The van der Waals surface area contributed by atoms with Crippen LogP contribution >= 0.6 is 0 Å². The van der Waals surface area contributed by atoms with Gasteiger partial charge in [-0.2, -0.15) is 0 Å². The van der Waals surface area contributed by atoms with E-state index in [0.29, 0.717) is 11.7 Å². The van der Waals surface area contributed by atoms with Crippen molar-refractivity contribution in [3.05, 3.63) is 0 Å². The molecule has 1 fully saturated rings. The summed E-state index contributed by atoms with van der Waals surface area (Å²) in [6.45, 7) is 4.37. The third-order valence-electron chi connectivity index (χ3n) is 3.56. The Kier molecular flexibility index (Phi) is 4.59. The molecule has 15 heavy (non-hydrogen) atoms. The number of rotatable bonds is 5. The summed E-state index contributed by atoms with van der Waals surface area (Å²) in [5.41, 5.74) is 0. The van der Waals surface area contributed by atoms with Crippen molar-refractivity contribution in [2.45, 2.75) is 33.1 Å². The molecule has 1 aliphatic rings. The van der Waals surface area contributed by atoms with E-state index in [1.54, 1.807) is 0 Å². The van der Waals surface area contributed by atoms with Crippen molar-refractivity contribution in [1.29, 1.82) is 0 Å². The van der Waals surface area contributed by atoms with E-state index in [4.69, 9.17) is 0 Å². The molecule has 0 aliphatic carbocycles. The maximum Gasteiger partial charge on any atom is 0.150 e. The predicted molar refractivity (Wildman–Crippen MR) is 61.4 cm³/mol. The second kappa shape index (κ2) is 5.30. The van der Waals surface area contributed by atoms with E-state index in [9.17, 15) is 13.5 Å². The zero-order valence-electron chi connectivity index (χ0n) is 9.65. The van der Waals surface area contributed by atoms with E-state index in [1.165, 1.54) is 0 Å². The smallest absolute Gasteiger partial charge is 0.150 e. The molecule has 4 heteroatoms. The molecule has 0 aromatic rings. The fourth-order valence-electron chi connectivity index (χ4n) is 2.62. The first-order chi connectivity index (χ1) is 7.00. The van der Waals surface area contributed by atoms with Gasteiger partial charge in [0.05, 0.1) is 11.5 Å². The molecule has 1 rings (SSSR count). The Labute approximate surface area is 92.8 Å². The summed E-state index contributed by atoms with van der Waals surface area (Å²) in [5.74, 6) is 1.38. The highest BCUT2D eigenvalue weighted by Crippen LogP contribution is 2.32. The quantitative estimate of drug-likeness (QED) is 0.783. The van der Waals surface area contributed by atoms with E-state index in [1.807, 2.05) is 0 Å². The Morgan fingerprint density at radius 3 is 2.53 bits per heavy atom. The molecular weight excluding hydrogens is 212 g/mol. The molecule has 0 bridgehead atoms. The molecule has 1 N–H and O–H groups in total. The molecule has 1 aliphatic heterocycles. The van der Waals surface area contributed by atoms with E-state index in [-0.39, 0.29) is 24.2 Å². The SMILES string of the molecule is CCCC(C)C(CO)C1CCS(=O)(=O)C1. The van der Waals surface area contributed by atoms with Crippen LogP contribution in [-0.2, 0) is 9.84 Å². The molecule has 1 saturated heterocycles. The number of hydrogen-bond acceptors (Lipinski definition) is 3. The van der Waals surface area contributed by atoms with Crippen LogP contribution in [0.15, 0.2) is 0 Å². The van der Waals surface area contributed by atoms with E-state index >= 15 is 0 Å².